The van der Waals surface area contributed by atoms with Crippen molar-refractivity contribution in [1.29, 1.82) is 0 Å². The van der Waals surface area contributed by atoms with Crippen LogP contribution >= 0.6 is 0 Å². The van der Waals surface area contributed by atoms with Crippen LogP contribution in [0.1, 0.15) is 19.4 Å². The van der Waals surface area contributed by atoms with Crippen molar-refractivity contribution in [3.8, 4) is 0 Å². The first-order valence-corrected chi connectivity index (χ1v) is 10.8. The number of nitrogens with zero attached hydrogens (tertiary/aromatic N) is 5. The number of anilines is 2. The van der Waals surface area contributed by atoms with Crippen LogP contribution in [-0.2, 0) is 11.2 Å². The Morgan fingerprint density at radius 2 is 1.63 bits per heavy atom. The molecule has 1 aliphatic heterocycles. The first-order chi connectivity index (χ1) is 14.7. The number of carbonyl (C=O) groups excluding carboxylic acids is 1. The van der Waals surface area contributed by atoms with Crippen molar-refractivity contribution in [2.45, 2.75) is 20.3 Å². The summed E-state index contributed by atoms with van der Waals surface area (Å²) in [4.78, 5) is 19.3. The van der Waals surface area contributed by atoms with Crippen molar-refractivity contribution in [1.82, 2.24) is 15.1 Å². The number of aromatic nitrogens is 2. The fraction of sp³-hybridized carbons (Fsp3) is 0.375. The van der Waals surface area contributed by atoms with E-state index in [1.165, 1.54) is 5.39 Å². The third-order valence-electron chi connectivity index (χ3n) is 5.90. The van der Waals surface area contributed by atoms with E-state index < -0.39 is 0 Å². The molecule has 1 aliphatic rings. The van der Waals surface area contributed by atoms with Crippen molar-refractivity contribution < 1.29 is 4.79 Å². The molecule has 0 N–H and O–H groups in total. The molecule has 4 rings (SSSR count). The van der Waals surface area contributed by atoms with E-state index in [0.717, 1.165) is 48.8 Å². The number of piperazine rings is 1. The molecule has 156 valence electrons. The lowest BCUT2D eigenvalue weighted by molar-refractivity contribution is -0.130. The SMILES string of the molecule is CCN(CC)c1ccc(N2CCN(C(=O)Cc3cccc4ccccc34)CC2)nn1. The van der Waals surface area contributed by atoms with Gasteiger partial charge in [0.1, 0.15) is 0 Å². The first kappa shape index (κ1) is 20.1. The van der Waals surface area contributed by atoms with Gasteiger partial charge in [0.25, 0.3) is 0 Å². The second-order valence-corrected chi connectivity index (χ2v) is 7.60. The summed E-state index contributed by atoms with van der Waals surface area (Å²) in [5.74, 6) is 1.98. The van der Waals surface area contributed by atoms with Gasteiger partial charge in [0.15, 0.2) is 11.6 Å². The standard InChI is InChI=1S/C24H29N5O/c1-3-27(4-2)22-12-13-23(26-25-22)28-14-16-29(17-15-28)24(30)18-20-10-7-9-19-8-5-6-11-21(19)20/h5-13H,3-4,14-18H2,1-2H3. The predicted molar refractivity (Wildman–Crippen MR) is 122 cm³/mol. The molecule has 6 nitrogen and oxygen atoms in total. The first-order valence-electron chi connectivity index (χ1n) is 10.8. The number of hydrogen-bond acceptors (Lipinski definition) is 5. The quantitative estimate of drug-likeness (QED) is 0.632. The highest BCUT2D eigenvalue weighted by atomic mass is 16.2. The maximum absolute atomic E-state index is 12.9. The van der Waals surface area contributed by atoms with Crippen LogP contribution in [0.4, 0.5) is 11.6 Å². The molecule has 3 aromatic rings. The summed E-state index contributed by atoms with van der Waals surface area (Å²) in [5.41, 5.74) is 1.10. The van der Waals surface area contributed by atoms with Gasteiger partial charge in [0.2, 0.25) is 5.91 Å². The zero-order valence-corrected chi connectivity index (χ0v) is 17.8. The van der Waals surface area contributed by atoms with Crippen molar-refractivity contribution in [3.05, 3.63) is 60.2 Å². The number of benzene rings is 2. The fourth-order valence-corrected chi connectivity index (χ4v) is 4.11. The van der Waals surface area contributed by atoms with Gasteiger partial charge in [-0.1, -0.05) is 42.5 Å². The molecule has 1 amide bonds. The van der Waals surface area contributed by atoms with E-state index in [1.54, 1.807) is 0 Å². The van der Waals surface area contributed by atoms with E-state index in [-0.39, 0.29) is 5.91 Å². The molecule has 1 saturated heterocycles. The number of fused-ring (bicyclic) bond motifs is 1. The van der Waals surface area contributed by atoms with Crippen LogP contribution in [-0.4, -0.2) is 60.3 Å². The van der Waals surface area contributed by atoms with Crippen LogP contribution in [0.3, 0.4) is 0 Å². The molecule has 0 aliphatic carbocycles. The van der Waals surface area contributed by atoms with E-state index in [1.807, 2.05) is 35.2 Å². The van der Waals surface area contributed by atoms with Gasteiger partial charge in [-0.2, -0.15) is 0 Å². The molecule has 1 fully saturated rings. The maximum atomic E-state index is 12.9. The van der Waals surface area contributed by atoms with Gasteiger partial charge in [0, 0.05) is 39.3 Å². The molecule has 0 unspecified atom stereocenters. The van der Waals surface area contributed by atoms with Crippen LogP contribution in [0.15, 0.2) is 54.6 Å². The van der Waals surface area contributed by atoms with Gasteiger partial charge in [-0.05, 0) is 42.3 Å². The van der Waals surface area contributed by atoms with Gasteiger partial charge >= 0.3 is 0 Å². The minimum Gasteiger partial charge on any atom is -0.356 e. The topological polar surface area (TPSA) is 52.6 Å². The van der Waals surface area contributed by atoms with Crippen LogP contribution in [0.2, 0.25) is 0 Å². The van der Waals surface area contributed by atoms with Crippen LogP contribution < -0.4 is 9.80 Å². The summed E-state index contributed by atoms with van der Waals surface area (Å²) >= 11 is 0. The molecule has 2 heterocycles. The van der Waals surface area contributed by atoms with E-state index in [4.69, 9.17) is 0 Å². The van der Waals surface area contributed by atoms with Crippen LogP contribution in [0.5, 0.6) is 0 Å². The lowest BCUT2D eigenvalue weighted by atomic mass is 10.0. The summed E-state index contributed by atoms with van der Waals surface area (Å²) in [5, 5.41) is 11.2. The monoisotopic (exact) mass is 403 g/mol. The Bertz CT molecular complexity index is 987. The van der Waals surface area contributed by atoms with Crippen molar-refractivity contribution in [2.75, 3.05) is 49.1 Å². The minimum absolute atomic E-state index is 0.189. The van der Waals surface area contributed by atoms with Gasteiger partial charge < -0.3 is 14.7 Å². The van der Waals surface area contributed by atoms with Gasteiger partial charge in [0.05, 0.1) is 6.42 Å². The van der Waals surface area contributed by atoms with Gasteiger partial charge in [-0.25, -0.2) is 0 Å². The van der Waals surface area contributed by atoms with Crippen molar-refractivity contribution >= 4 is 28.3 Å². The van der Waals surface area contributed by atoms with Crippen LogP contribution in [0.25, 0.3) is 10.8 Å². The summed E-state index contributed by atoms with van der Waals surface area (Å²) in [6, 6.07) is 18.5. The van der Waals surface area contributed by atoms with Gasteiger partial charge in [-0.15, -0.1) is 10.2 Å². The zero-order valence-electron chi connectivity index (χ0n) is 17.8. The second kappa shape index (κ2) is 9.11. The Hall–Kier alpha value is -3.15. The number of hydrogen-bond donors (Lipinski definition) is 0. The smallest absolute Gasteiger partial charge is 0.227 e. The predicted octanol–water partition coefficient (Wildman–Crippen LogP) is 3.37. The Morgan fingerprint density at radius 3 is 2.33 bits per heavy atom. The lowest BCUT2D eigenvalue weighted by Crippen LogP contribution is -2.49. The Balaban J connectivity index is 1.36. The van der Waals surface area contributed by atoms with Crippen LogP contribution in [0, 0.1) is 0 Å². The third kappa shape index (κ3) is 4.22. The molecule has 0 saturated carbocycles. The van der Waals surface area contributed by atoms with E-state index in [0.29, 0.717) is 19.5 Å². The number of carbonyl (C=O) groups is 1. The highest BCUT2D eigenvalue weighted by Gasteiger charge is 2.22. The molecular formula is C24H29N5O. The van der Waals surface area contributed by atoms with Gasteiger partial charge in [-0.3, -0.25) is 4.79 Å². The molecule has 0 spiro atoms. The highest BCUT2D eigenvalue weighted by molar-refractivity contribution is 5.90. The fourth-order valence-electron chi connectivity index (χ4n) is 4.11. The number of rotatable bonds is 6. The normalized spacial score (nSPS) is 14.2. The average Bonchev–Trinajstić information content (AvgIpc) is 2.81. The van der Waals surface area contributed by atoms with E-state index in [9.17, 15) is 4.79 Å². The molecular weight excluding hydrogens is 374 g/mol. The molecule has 2 aromatic carbocycles. The Morgan fingerprint density at radius 1 is 0.900 bits per heavy atom. The largest absolute Gasteiger partial charge is 0.356 e. The van der Waals surface area contributed by atoms with E-state index in [2.05, 4.69) is 58.1 Å². The molecule has 0 bridgehead atoms. The van der Waals surface area contributed by atoms with Crippen molar-refractivity contribution in [2.24, 2.45) is 0 Å². The molecule has 0 atom stereocenters. The summed E-state index contributed by atoms with van der Waals surface area (Å²) < 4.78 is 0. The average molecular weight is 404 g/mol. The number of amides is 1. The van der Waals surface area contributed by atoms with E-state index >= 15 is 0 Å². The Kier molecular flexibility index (Phi) is 6.12. The van der Waals surface area contributed by atoms with Crippen molar-refractivity contribution in [3.63, 3.8) is 0 Å². The third-order valence-corrected chi connectivity index (χ3v) is 5.90. The molecule has 30 heavy (non-hydrogen) atoms. The molecule has 6 heteroatoms. The minimum atomic E-state index is 0.189. The second-order valence-electron chi connectivity index (χ2n) is 7.60. The summed E-state index contributed by atoms with van der Waals surface area (Å²) in [6.45, 7) is 9.05. The molecule has 1 aromatic heterocycles. The zero-order chi connectivity index (χ0) is 20.9. The highest BCUT2D eigenvalue weighted by Crippen LogP contribution is 2.21. The lowest BCUT2D eigenvalue weighted by Gasteiger charge is -2.35. The summed E-state index contributed by atoms with van der Waals surface area (Å²) in [6.07, 6.45) is 0.444. The maximum Gasteiger partial charge on any atom is 0.227 e. The summed E-state index contributed by atoms with van der Waals surface area (Å²) in [7, 11) is 0. The Labute approximate surface area is 178 Å². The molecule has 0 radical (unpaired) electrons.